The molecule has 0 atom stereocenters. The Hall–Kier alpha value is -1.15. The van der Waals surface area contributed by atoms with Crippen molar-refractivity contribution in [3.05, 3.63) is 40.9 Å². The molecule has 0 bridgehead atoms. The van der Waals surface area contributed by atoms with Crippen LogP contribution in [0.1, 0.15) is 23.4 Å². The molecule has 1 aromatic heterocycles. The van der Waals surface area contributed by atoms with Crippen LogP contribution in [0, 0.1) is 6.92 Å². The number of rotatable bonds is 4. The third-order valence-corrected chi connectivity index (χ3v) is 4.95. The Morgan fingerprint density at radius 1 is 1.36 bits per heavy atom. The van der Waals surface area contributed by atoms with E-state index in [4.69, 9.17) is 5.73 Å². The van der Waals surface area contributed by atoms with Gasteiger partial charge in [0.05, 0.1) is 12.2 Å². The normalized spacial score (nSPS) is 14.5. The molecule has 0 unspecified atom stereocenters. The van der Waals surface area contributed by atoms with Gasteiger partial charge in [0.1, 0.15) is 5.01 Å². The summed E-state index contributed by atoms with van der Waals surface area (Å²) in [5.41, 5.74) is 8.24. The van der Waals surface area contributed by atoms with E-state index in [-0.39, 0.29) is 24.0 Å². The molecule has 1 aliphatic rings. The minimum Gasteiger partial charge on any atom is -0.370 e. The van der Waals surface area contributed by atoms with Crippen LogP contribution in [0.4, 0.5) is 0 Å². The molecule has 2 N–H and O–H groups in total. The molecule has 0 amide bonds. The molecule has 4 nitrogen and oxygen atoms in total. The summed E-state index contributed by atoms with van der Waals surface area (Å²) in [4.78, 5) is 12.4. The molecule has 2 aromatic rings. The average Bonchev–Trinajstić information content (AvgIpc) is 3.29. The molecule has 3 rings (SSSR count). The van der Waals surface area contributed by atoms with Gasteiger partial charge in [0.15, 0.2) is 5.96 Å². The van der Waals surface area contributed by atoms with Gasteiger partial charge in [-0.3, -0.25) is 0 Å². The van der Waals surface area contributed by atoms with Crippen molar-refractivity contribution >= 4 is 41.3 Å². The van der Waals surface area contributed by atoms with Crippen molar-refractivity contribution < 1.29 is 0 Å². The summed E-state index contributed by atoms with van der Waals surface area (Å²) >= 11 is 1.70. The zero-order chi connectivity index (χ0) is 14.8. The summed E-state index contributed by atoms with van der Waals surface area (Å²) in [5, 5.41) is 1.05. The second-order valence-electron chi connectivity index (χ2n) is 5.41. The van der Waals surface area contributed by atoms with Crippen molar-refractivity contribution in [2.45, 2.75) is 32.4 Å². The molecule has 0 spiro atoms. The SMILES string of the molecule is Cc1nc(-c2ccccc2)sc1CN=C(N)N(C)C1CC1.I. The quantitative estimate of drug-likeness (QED) is 0.460. The number of nitrogens with zero attached hydrogens (tertiary/aromatic N) is 3. The number of guanidine groups is 1. The van der Waals surface area contributed by atoms with Gasteiger partial charge in [0, 0.05) is 23.5 Å². The summed E-state index contributed by atoms with van der Waals surface area (Å²) in [5.74, 6) is 0.631. The number of nitrogens with two attached hydrogens (primary N) is 1. The van der Waals surface area contributed by atoms with Gasteiger partial charge < -0.3 is 10.6 Å². The Balaban J connectivity index is 0.00000176. The molecule has 6 heteroatoms. The second-order valence-corrected chi connectivity index (χ2v) is 6.49. The first-order chi connectivity index (χ1) is 10.1. The van der Waals surface area contributed by atoms with E-state index in [2.05, 4.69) is 27.0 Å². The van der Waals surface area contributed by atoms with E-state index in [0.717, 1.165) is 16.3 Å². The summed E-state index contributed by atoms with van der Waals surface area (Å²) in [6.45, 7) is 2.65. The lowest BCUT2D eigenvalue weighted by Gasteiger charge is -2.16. The predicted octanol–water partition coefficient (Wildman–Crippen LogP) is 3.65. The maximum absolute atomic E-state index is 6.03. The fourth-order valence-corrected chi connectivity index (χ4v) is 3.18. The van der Waals surface area contributed by atoms with Crippen molar-refractivity contribution in [1.29, 1.82) is 0 Å². The van der Waals surface area contributed by atoms with E-state index in [0.29, 0.717) is 18.5 Å². The molecule has 118 valence electrons. The number of aliphatic imine (C=N–C) groups is 1. The standard InChI is InChI=1S/C16H20N4S.HI/c1-11-14(10-18-16(17)20(2)13-8-9-13)21-15(19-11)12-6-4-3-5-7-12;/h3-7,13H,8-10H2,1-2H3,(H2,17,18);1H. The van der Waals surface area contributed by atoms with Crippen LogP contribution >= 0.6 is 35.3 Å². The fraction of sp³-hybridized carbons (Fsp3) is 0.375. The smallest absolute Gasteiger partial charge is 0.191 e. The van der Waals surface area contributed by atoms with Crippen molar-refractivity contribution in [3.63, 3.8) is 0 Å². The molecular formula is C16H21IN4S. The zero-order valence-electron chi connectivity index (χ0n) is 12.8. The fourth-order valence-electron chi connectivity index (χ4n) is 2.19. The lowest BCUT2D eigenvalue weighted by molar-refractivity contribution is 0.487. The summed E-state index contributed by atoms with van der Waals surface area (Å²) in [7, 11) is 2.02. The van der Waals surface area contributed by atoms with Gasteiger partial charge in [-0.2, -0.15) is 0 Å². The number of aromatic nitrogens is 1. The Morgan fingerprint density at radius 2 is 2.05 bits per heavy atom. The first kappa shape index (κ1) is 17.2. The Bertz CT molecular complexity index is 649. The molecule has 1 saturated carbocycles. The monoisotopic (exact) mass is 428 g/mol. The van der Waals surface area contributed by atoms with Crippen molar-refractivity contribution in [1.82, 2.24) is 9.88 Å². The van der Waals surface area contributed by atoms with E-state index in [1.54, 1.807) is 11.3 Å². The van der Waals surface area contributed by atoms with Crippen molar-refractivity contribution in [3.8, 4) is 10.6 Å². The highest BCUT2D eigenvalue weighted by Crippen LogP contribution is 2.28. The predicted molar refractivity (Wildman–Crippen MR) is 104 cm³/mol. The maximum Gasteiger partial charge on any atom is 0.191 e. The van der Waals surface area contributed by atoms with E-state index in [9.17, 15) is 0 Å². The van der Waals surface area contributed by atoms with Crippen LogP contribution in [0.2, 0.25) is 0 Å². The molecule has 1 fully saturated rings. The molecule has 22 heavy (non-hydrogen) atoms. The first-order valence-electron chi connectivity index (χ1n) is 7.19. The minimum absolute atomic E-state index is 0. The second kappa shape index (κ2) is 7.41. The lowest BCUT2D eigenvalue weighted by atomic mass is 10.2. The number of aryl methyl sites for hydroxylation is 1. The average molecular weight is 428 g/mol. The van der Waals surface area contributed by atoms with Crippen LogP contribution in [0.5, 0.6) is 0 Å². The molecule has 1 aliphatic carbocycles. The number of thiazole rings is 1. The van der Waals surface area contributed by atoms with Crippen molar-refractivity contribution in [2.75, 3.05) is 7.05 Å². The van der Waals surface area contributed by atoms with E-state index in [1.165, 1.54) is 17.7 Å². The molecular weight excluding hydrogens is 407 g/mol. The highest BCUT2D eigenvalue weighted by atomic mass is 127. The number of halogens is 1. The van der Waals surface area contributed by atoms with Crippen LogP contribution < -0.4 is 5.73 Å². The maximum atomic E-state index is 6.03. The third-order valence-electron chi connectivity index (χ3n) is 3.75. The van der Waals surface area contributed by atoms with Crippen LogP contribution in [0.3, 0.4) is 0 Å². The summed E-state index contributed by atoms with van der Waals surface area (Å²) < 4.78 is 0. The van der Waals surface area contributed by atoms with Crippen LogP contribution in [-0.4, -0.2) is 28.9 Å². The van der Waals surface area contributed by atoms with Gasteiger partial charge in [-0.15, -0.1) is 35.3 Å². The zero-order valence-corrected chi connectivity index (χ0v) is 16.0. The Morgan fingerprint density at radius 3 is 2.68 bits per heavy atom. The van der Waals surface area contributed by atoms with E-state index >= 15 is 0 Å². The van der Waals surface area contributed by atoms with E-state index < -0.39 is 0 Å². The third kappa shape index (κ3) is 3.98. The Kier molecular flexibility index (Phi) is 5.80. The Labute approximate surface area is 152 Å². The number of hydrogen-bond donors (Lipinski definition) is 1. The van der Waals surface area contributed by atoms with Gasteiger partial charge in [-0.1, -0.05) is 30.3 Å². The molecule has 1 heterocycles. The van der Waals surface area contributed by atoms with Gasteiger partial charge >= 0.3 is 0 Å². The van der Waals surface area contributed by atoms with E-state index in [1.807, 2.05) is 32.2 Å². The van der Waals surface area contributed by atoms with Gasteiger partial charge in [0.2, 0.25) is 0 Å². The van der Waals surface area contributed by atoms with Gasteiger partial charge in [0.25, 0.3) is 0 Å². The number of benzene rings is 1. The van der Waals surface area contributed by atoms with Crippen molar-refractivity contribution in [2.24, 2.45) is 10.7 Å². The molecule has 0 radical (unpaired) electrons. The molecule has 1 aromatic carbocycles. The van der Waals surface area contributed by atoms with Gasteiger partial charge in [-0.05, 0) is 19.8 Å². The highest BCUT2D eigenvalue weighted by molar-refractivity contribution is 14.0. The topological polar surface area (TPSA) is 54.5 Å². The summed E-state index contributed by atoms with van der Waals surface area (Å²) in [6.07, 6.45) is 2.45. The molecule has 0 saturated heterocycles. The lowest BCUT2D eigenvalue weighted by Crippen LogP contribution is -2.35. The minimum atomic E-state index is 0. The molecule has 0 aliphatic heterocycles. The summed E-state index contributed by atoms with van der Waals surface area (Å²) in [6, 6.07) is 10.8. The van der Waals surface area contributed by atoms with Gasteiger partial charge in [-0.25, -0.2) is 9.98 Å². The number of hydrogen-bond acceptors (Lipinski definition) is 3. The van der Waals surface area contributed by atoms with Crippen LogP contribution in [0.25, 0.3) is 10.6 Å². The van der Waals surface area contributed by atoms with Crippen LogP contribution in [0.15, 0.2) is 35.3 Å². The first-order valence-corrected chi connectivity index (χ1v) is 8.01. The largest absolute Gasteiger partial charge is 0.370 e. The van der Waals surface area contributed by atoms with Crippen LogP contribution in [-0.2, 0) is 6.54 Å². The highest BCUT2D eigenvalue weighted by Gasteiger charge is 2.27.